The van der Waals surface area contributed by atoms with Crippen LogP contribution in [0.25, 0.3) is 0 Å². The lowest BCUT2D eigenvalue weighted by molar-refractivity contribution is -0.137. The van der Waals surface area contributed by atoms with Crippen LogP contribution in [0, 0.1) is 35.5 Å². The zero-order chi connectivity index (χ0) is 52.7. The molecule has 0 saturated heterocycles. The SMILES string of the molecule is CC(=O)N[C@H](C(=O)N[C@H](C(=O)N[C@H](C(=O)N[C@H](C(=O)N[C@H](C(=O)N[C@H](C(=O)N[C@@H](CCCN=C(N)N)C(=O)N[C@@H](CCCN=C(N)N)C(N)=O)C(C)C)C(C)C)C(C)C)C(C)C)C(C)C)C(C)C. The van der Waals surface area contributed by atoms with Gasteiger partial charge in [0.25, 0.3) is 0 Å². The lowest BCUT2D eigenvalue weighted by Gasteiger charge is -2.32. The number of carbonyl (C=O) groups is 9. The maximum atomic E-state index is 14.0. The molecule has 388 valence electrons. The summed E-state index contributed by atoms with van der Waals surface area (Å²) in [6.45, 7) is 21.9. The highest BCUT2D eigenvalue weighted by Crippen LogP contribution is 2.13. The molecule has 0 aliphatic carbocycles. The second-order valence-electron chi connectivity index (χ2n) is 19.0. The first-order chi connectivity index (χ1) is 31.4. The van der Waals surface area contributed by atoms with Gasteiger partial charge in [0.05, 0.1) is 0 Å². The summed E-state index contributed by atoms with van der Waals surface area (Å²) in [5, 5.41) is 21.4. The van der Waals surface area contributed by atoms with Gasteiger partial charge in [0.15, 0.2) is 11.9 Å². The van der Waals surface area contributed by atoms with Gasteiger partial charge in [-0.2, -0.15) is 0 Å². The minimum atomic E-state index is -1.23. The zero-order valence-corrected chi connectivity index (χ0v) is 42.3. The number of rotatable bonds is 30. The molecule has 0 unspecified atom stereocenters. The lowest BCUT2D eigenvalue weighted by atomic mass is 9.96. The van der Waals surface area contributed by atoms with Crippen molar-refractivity contribution >= 4 is 65.1 Å². The van der Waals surface area contributed by atoms with Crippen LogP contribution in [-0.4, -0.2) is 127 Å². The summed E-state index contributed by atoms with van der Waals surface area (Å²) in [6, 6.07) is -9.14. The number of hydrogen-bond acceptors (Lipinski definition) is 11. The maximum absolute atomic E-state index is 14.0. The molecule has 68 heavy (non-hydrogen) atoms. The predicted octanol–water partition coefficient (Wildman–Crippen LogP) is -2.59. The Morgan fingerprint density at radius 1 is 0.353 bits per heavy atom. The van der Waals surface area contributed by atoms with Gasteiger partial charge in [-0.15, -0.1) is 0 Å². The van der Waals surface area contributed by atoms with Crippen molar-refractivity contribution in [3.8, 4) is 0 Å². The van der Waals surface area contributed by atoms with E-state index in [-0.39, 0.29) is 50.2 Å². The second kappa shape index (κ2) is 30.2. The van der Waals surface area contributed by atoms with Crippen LogP contribution in [0.4, 0.5) is 0 Å². The van der Waals surface area contributed by atoms with Crippen LogP contribution in [0.5, 0.6) is 0 Å². The average Bonchev–Trinajstić information content (AvgIpc) is 3.21. The molecule has 0 aliphatic rings. The molecule has 0 fully saturated rings. The molecule has 0 rings (SSSR count). The fraction of sp³-hybridized carbons (Fsp3) is 0.750. The highest BCUT2D eigenvalue weighted by atomic mass is 16.2. The summed E-state index contributed by atoms with van der Waals surface area (Å²) in [6.07, 6.45) is 0.648. The molecule has 0 aromatic rings. The number of nitrogens with one attached hydrogen (secondary N) is 8. The van der Waals surface area contributed by atoms with E-state index in [0.29, 0.717) is 6.42 Å². The predicted molar refractivity (Wildman–Crippen MR) is 259 cm³/mol. The molecule has 0 radical (unpaired) electrons. The minimum absolute atomic E-state index is 0.0223. The average molecular weight is 966 g/mol. The van der Waals surface area contributed by atoms with E-state index < -0.39 is 131 Å². The normalized spacial score (nSPS) is 14.9. The number of nitrogens with two attached hydrogens (primary N) is 5. The van der Waals surface area contributed by atoms with Crippen LogP contribution in [0.3, 0.4) is 0 Å². The van der Waals surface area contributed by atoms with Crippen molar-refractivity contribution in [2.75, 3.05) is 13.1 Å². The zero-order valence-electron chi connectivity index (χ0n) is 42.3. The van der Waals surface area contributed by atoms with E-state index >= 15 is 0 Å². The molecule has 0 bridgehead atoms. The van der Waals surface area contributed by atoms with Crippen molar-refractivity contribution in [3.05, 3.63) is 0 Å². The van der Waals surface area contributed by atoms with E-state index in [2.05, 4.69) is 52.5 Å². The highest BCUT2D eigenvalue weighted by Gasteiger charge is 2.38. The third kappa shape index (κ3) is 22.5. The van der Waals surface area contributed by atoms with E-state index in [1.165, 1.54) is 6.92 Å². The standard InChI is InChI=1S/C44H83N15O9/c1-20(2)29(52-26(13)60)38(64)56-31(22(5)6)40(66)58-33(24(9)10)42(68)59-34(25(11)12)41(67)57-32(23(7)8)39(65)55-30(21(3)4)37(63)54-28(17-15-19-51-44(48)49)36(62)53-27(35(45)61)16-14-18-50-43(46)47/h20-25,27-34H,14-19H2,1-13H3,(H2,45,61)(H,52,60)(H,53,62)(H,54,63)(H,55,65)(H,56,64)(H,57,67)(H,58,66)(H,59,68)(H4,46,47,50)(H4,48,49,51)/t27-,28-,29-,30-,31-,32-,33-,34-/m0/s1. The number of guanidine groups is 2. The molecule has 24 heteroatoms. The molecular weight excluding hydrogens is 883 g/mol. The van der Waals surface area contributed by atoms with Crippen molar-refractivity contribution in [1.29, 1.82) is 0 Å². The van der Waals surface area contributed by atoms with Gasteiger partial charge >= 0.3 is 0 Å². The van der Waals surface area contributed by atoms with E-state index in [4.69, 9.17) is 28.7 Å². The number of nitrogens with zero attached hydrogens (tertiary/aromatic N) is 2. The smallest absolute Gasteiger partial charge is 0.243 e. The molecule has 9 amide bonds. The van der Waals surface area contributed by atoms with Crippen LogP contribution in [0.1, 0.15) is 116 Å². The first-order valence-corrected chi connectivity index (χ1v) is 23.2. The molecule has 0 aromatic carbocycles. The molecule has 0 spiro atoms. The van der Waals surface area contributed by atoms with Crippen molar-refractivity contribution in [1.82, 2.24) is 42.5 Å². The Morgan fingerprint density at radius 2 is 0.588 bits per heavy atom. The van der Waals surface area contributed by atoms with Gasteiger partial charge in [0, 0.05) is 20.0 Å². The fourth-order valence-electron chi connectivity index (χ4n) is 6.74. The van der Waals surface area contributed by atoms with Gasteiger partial charge in [-0.05, 0) is 61.2 Å². The molecule has 8 atom stereocenters. The summed E-state index contributed by atoms with van der Waals surface area (Å²) in [4.78, 5) is 128. The number of hydrogen-bond donors (Lipinski definition) is 13. The highest BCUT2D eigenvalue weighted by molar-refractivity contribution is 5.98. The number of aliphatic imine (C=N–C) groups is 2. The van der Waals surface area contributed by atoms with Gasteiger partial charge in [0.1, 0.15) is 48.3 Å². The maximum Gasteiger partial charge on any atom is 0.243 e. The Balaban J connectivity index is 6.35. The Morgan fingerprint density at radius 3 is 0.824 bits per heavy atom. The van der Waals surface area contributed by atoms with Crippen LogP contribution < -0.4 is 71.2 Å². The molecule has 0 aromatic heterocycles. The number of primary amides is 1. The van der Waals surface area contributed by atoms with Crippen molar-refractivity contribution < 1.29 is 43.2 Å². The van der Waals surface area contributed by atoms with Crippen LogP contribution in [0.2, 0.25) is 0 Å². The third-order valence-corrected chi connectivity index (χ3v) is 10.7. The molecule has 24 nitrogen and oxygen atoms in total. The quantitative estimate of drug-likeness (QED) is 0.0200. The Labute approximate surface area is 401 Å². The van der Waals surface area contributed by atoms with Gasteiger partial charge in [-0.1, -0.05) is 83.1 Å². The topological polar surface area (TPSA) is 405 Å². The summed E-state index contributed by atoms with van der Waals surface area (Å²) >= 11 is 0. The Hall–Kier alpha value is -6.23. The molecule has 0 aliphatic heterocycles. The van der Waals surface area contributed by atoms with Crippen LogP contribution in [-0.2, 0) is 43.2 Å². The van der Waals surface area contributed by atoms with E-state index in [9.17, 15) is 43.2 Å². The van der Waals surface area contributed by atoms with E-state index in [0.717, 1.165) is 0 Å². The summed E-state index contributed by atoms with van der Waals surface area (Å²) in [7, 11) is 0. The first kappa shape index (κ1) is 61.8. The second-order valence-corrected chi connectivity index (χ2v) is 19.0. The summed E-state index contributed by atoms with van der Waals surface area (Å²) in [5.41, 5.74) is 27.2. The molecule has 0 saturated carbocycles. The van der Waals surface area contributed by atoms with Crippen LogP contribution in [0.15, 0.2) is 9.98 Å². The summed E-state index contributed by atoms with van der Waals surface area (Å²) in [5.74, 6) is -9.17. The molecular formula is C44H83N15O9. The third-order valence-electron chi connectivity index (χ3n) is 10.7. The minimum Gasteiger partial charge on any atom is -0.370 e. The van der Waals surface area contributed by atoms with Gasteiger partial charge < -0.3 is 71.2 Å². The van der Waals surface area contributed by atoms with Crippen molar-refractivity contribution in [3.63, 3.8) is 0 Å². The Kier molecular flexibility index (Phi) is 27.4. The molecule has 0 heterocycles. The molecule has 18 N–H and O–H groups in total. The van der Waals surface area contributed by atoms with Crippen molar-refractivity contribution in [2.24, 2.45) is 74.2 Å². The Bertz CT molecular complexity index is 1780. The first-order valence-electron chi connectivity index (χ1n) is 23.2. The fourth-order valence-corrected chi connectivity index (χ4v) is 6.74. The van der Waals surface area contributed by atoms with E-state index in [1.54, 1.807) is 83.1 Å². The number of amides is 9. The van der Waals surface area contributed by atoms with Gasteiger partial charge in [0.2, 0.25) is 53.2 Å². The van der Waals surface area contributed by atoms with Crippen molar-refractivity contribution in [2.45, 2.75) is 164 Å². The largest absolute Gasteiger partial charge is 0.370 e. The van der Waals surface area contributed by atoms with E-state index in [1.807, 2.05) is 0 Å². The lowest BCUT2D eigenvalue weighted by Crippen LogP contribution is -2.63. The number of carbonyl (C=O) groups excluding carboxylic acids is 9. The van der Waals surface area contributed by atoms with Gasteiger partial charge in [-0.3, -0.25) is 53.1 Å². The van der Waals surface area contributed by atoms with Crippen LogP contribution >= 0.6 is 0 Å². The monoisotopic (exact) mass is 966 g/mol. The summed E-state index contributed by atoms with van der Waals surface area (Å²) < 4.78 is 0. The van der Waals surface area contributed by atoms with Gasteiger partial charge in [-0.25, -0.2) is 0 Å².